The standard InChI is InChI=1S/C24H34O4.C16H24O6/c1-16(2)10-8-11-17(3)12-9-13-18(4)14-15-20-19(5)21(25)23(27-6)24(28-7)22(20)26;1-9(6-8-12(17)18)5-7-11-10(2)13(19)15(21-3)16(22-4)14(11)20/h10,12,14H,8-9,11,13,15H2,1-7H3;5,10-11,14,20H,6-8H2,1-4H3,(H,17,18)/b17-12+,18-14+;9-5+. The fourth-order valence-electron chi connectivity index (χ4n) is 5.67. The van der Waals surface area contributed by atoms with Gasteiger partial charge in [-0.25, -0.2) is 0 Å². The molecule has 2 aliphatic carbocycles. The second kappa shape index (κ2) is 21.8. The normalized spacial score (nSPS) is 20.4. The summed E-state index contributed by atoms with van der Waals surface area (Å²) < 4.78 is 20.4. The number of carboxylic acid groups (broad SMARTS) is 1. The van der Waals surface area contributed by atoms with Gasteiger partial charge in [0.05, 0.1) is 28.4 Å². The number of carbonyl (C=O) groups excluding carboxylic acids is 3. The quantitative estimate of drug-likeness (QED) is 0.115. The SMILES string of the molecule is COC1=C(OC)C(=O)C(C/C=C(\C)CC/C=C(\C)CCC=C(C)C)=C(C)C1=O.COC1=C(OC)C(O)C(C/C=C(\C)CCC(=O)O)C(C)C1=O. The van der Waals surface area contributed by atoms with Crippen LogP contribution in [0.3, 0.4) is 0 Å². The first-order valence-corrected chi connectivity index (χ1v) is 17.0. The average molecular weight is 699 g/mol. The predicted molar refractivity (Wildman–Crippen MR) is 194 cm³/mol. The van der Waals surface area contributed by atoms with Crippen molar-refractivity contribution in [3.8, 4) is 0 Å². The minimum Gasteiger partial charge on any atom is -0.494 e. The summed E-state index contributed by atoms with van der Waals surface area (Å²) in [4.78, 5) is 47.9. The fourth-order valence-corrected chi connectivity index (χ4v) is 5.67. The Morgan fingerprint density at radius 2 is 1.22 bits per heavy atom. The van der Waals surface area contributed by atoms with Crippen LogP contribution in [0.4, 0.5) is 0 Å². The Bertz CT molecular complexity index is 1460. The molecule has 0 saturated heterocycles. The van der Waals surface area contributed by atoms with E-state index in [1.807, 2.05) is 19.1 Å². The van der Waals surface area contributed by atoms with Crippen molar-refractivity contribution in [2.24, 2.45) is 11.8 Å². The molecule has 0 bridgehead atoms. The highest BCUT2D eigenvalue weighted by atomic mass is 16.5. The topological polar surface area (TPSA) is 146 Å². The number of Topliss-reactive ketones (excluding diaryl/α,β-unsaturated/α-hetero) is 3. The lowest BCUT2D eigenvalue weighted by Crippen LogP contribution is -2.40. The molecule has 3 atom stereocenters. The van der Waals surface area contributed by atoms with Gasteiger partial charge in [0.25, 0.3) is 0 Å². The molecule has 0 amide bonds. The monoisotopic (exact) mass is 698 g/mol. The summed E-state index contributed by atoms with van der Waals surface area (Å²) in [6.45, 7) is 13.7. The number of ketones is 3. The van der Waals surface area contributed by atoms with E-state index in [0.29, 0.717) is 30.4 Å². The van der Waals surface area contributed by atoms with Crippen molar-refractivity contribution in [1.82, 2.24) is 0 Å². The molecule has 2 aliphatic rings. The third kappa shape index (κ3) is 12.9. The summed E-state index contributed by atoms with van der Waals surface area (Å²) in [6.07, 6.45) is 13.0. The van der Waals surface area contributed by atoms with Crippen molar-refractivity contribution in [2.45, 2.75) is 106 Å². The molecule has 0 fully saturated rings. The van der Waals surface area contributed by atoms with E-state index in [4.69, 9.17) is 24.1 Å². The lowest BCUT2D eigenvalue weighted by molar-refractivity contribution is -0.137. The van der Waals surface area contributed by atoms with Crippen molar-refractivity contribution in [2.75, 3.05) is 28.4 Å². The molecule has 0 radical (unpaired) electrons. The number of hydrogen-bond donors (Lipinski definition) is 2. The van der Waals surface area contributed by atoms with Crippen LogP contribution < -0.4 is 0 Å². The van der Waals surface area contributed by atoms with Crippen LogP contribution in [0.5, 0.6) is 0 Å². The van der Waals surface area contributed by atoms with Crippen LogP contribution in [0.1, 0.15) is 99.8 Å². The number of ether oxygens (including phenoxy) is 4. The van der Waals surface area contributed by atoms with Gasteiger partial charge in [-0.1, -0.05) is 53.5 Å². The number of rotatable bonds is 17. The van der Waals surface area contributed by atoms with Crippen molar-refractivity contribution < 1.29 is 48.3 Å². The van der Waals surface area contributed by atoms with Gasteiger partial charge >= 0.3 is 5.97 Å². The number of aliphatic carboxylic acids is 1. The van der Waals surface area contributed by atoms with Crippen LogP contribution in [0.2, 0.25) is 0 Å². The zero-order valence-electron chi connectivity index (χ0n) is 31.9. The Hall–Kier alpha value is -4.18. The van der Waals surface area contributed by atoms with E-state index in [1.54, 1.807) is 13.8 Å². The lowest BCUT2D eigenvalue weighted by Gasteiger charge is -2.33. The Morgan fingerprint density at radius 3 is 1.74 bits per heavy atom. The molecular formula is C40H58O10. The van der Waals surface area contributed by atoms with E-state index in [0.717, 1.165) is 31.3 Å². The second-order valence-corrected chi connectivity index (χ2v) is 13.0. The van der Waals surface area contributed by atoms with Crippen LogP contribution in [-0.2, 0) is 38.1 Å². The van der Waals surface area contributed by atoms with Crippen molar-refractivity contribution in [3.05, 3.63) is 80.8 Å². The molecule has 278 valence electrons. The largest absolute Gasteiger partial charge is 0.494 e. The minimum atomic E-state index is -0.920. The zero-order chi connectivity index (χ0) is 38.1. The molecule has 0 spiro atoms. The highest BCUT2D eigenvalue weighted by Gasteiger charge is 2.42. The number of aliphatic hydroxyl groups is 1. The van der Waals surface area contributed by atoms with Crippen LogP contribution >= 0.6 is 0 Å². The van der Waals surface area contributed by atoms with Gasteiger partial charge in [-0.05, 0) is 86.5 Å². The summed E-state index contributed by atoms with van der Waals surface area (Å²) >= 11 is 0. The van der Waals surface area contributed by atoms with E-state index >= 15 is 0 Å². The first kappa shape index (κ1) is 43.8. The number of hydrogen-bond acceptors (Lipinski definition) is 9. The van der Waals surface area contributed by atoms with Gasteiger partial charge in [-0.3, -0.25) is 19.2 Å². The molecule has 50 heavy (non-hydrogen) atoms. The third-order valence-corrected chi connectivity index (χ3v) is 8.94. The smallest absolute Gasteiger partial charge is 0.303 e. The van der Waals surface area contributed by atoms with Gasteiger partial charge in [0.1, 0.15) is 6.10 Å². The molecule has 2 N–H and O–H groups in total. The van der Waals surface area contributed by atoms with Crippen LogP contribution in [0.15, 0.2) is 80.8 Å². The molecule has 0 aliphatic heterocycles. The molecule has 0 saturated carbocycles. The first-order valence-electron chi connectivity index (χ1n) is 17.0. The molecule has 0 aromatic rings. The first-order chi connectivity index (χ1) is 23.5. The van der Waals surface area contributed by atoms with Gasteiger partial charge in [-0.15, -0.1) is 0 Å². The van der Waals surface area contributed by atoms with Gasteiger partial charge in [0.2, 0.25) is 34.6 Å². The maximum absolute atomic E-state index is 12.6. The number of carboxylic acids is 1. The summed E-state index contributed by atoms with van der Waals surface area (Å²) in [7, 11) is 5.52. The Morgan fingerprint density at radius 1 is 0.700 bits per heavy atom. The Balaban J connectivity index is 0.000000515. The number of methoxy groups -OCH3 is 4. The lowest BCUT2D eigenvalue weighted by atomic mass is 9.77. The second-order valence-electron chi connectivity index (χ2n) is 13.0. The maximum Gasteiger partial charge on any atom is 0.303 e. The number of carbonyl (C=O) groups is 4. The number of aliphatic hydroxyl groups excluding tert-OH is 1. The van der Waals surface area contributed by atoms with Crippen LogP contribution in [0.25, 0.3) is 0 Å². The van der Waals surface area contributed by atoms with Crippen molar-refractivity contribution in [3.63, 3.8) is 0 Å². The Labute approximate surface area is 298 Å². The molecule has 2 rings (SSSR count). The maximum atomic E-state index is 12.6. The molecule has 0 aromatic heterocycles. The predicted octanol–water partition coefficient (Wildman–Crippen LogP) is 7.66. The fraction of sp³-hybridized carbons (Fsp3) is 0.550. The highest BCUT2D eigenvalue weighted by molar-refractivity contribution is 6.23. The number of allylic oxidation sites excluding steroid dienone is 11. The van der Waals surface area contributed by atoms with Crippen molar-refractivity contribution in [1.29, 1.82) is 0 Å². The molecule has 3 unspecified atom stereocenters. The van der Waals surface area contributed by atoms with E-state index < -0.39 is 18.0 Å². The Kier molecular flexibility index (Phi) is 19.1. The molecule has 10 heteroatoms. The summed E-state index contributed by atoms with van der Waals surface area (Å²) in [6, 6.07) is 0. The minimum absolute atomic E-state index is 0.00548. The molecular weight excluding hydrogens is 640 g/mol. The average Bonchev–Trinajstić information content (AvgIpc) is 3.06. The van der Waals surface area contributed by atoms with Crippen LogP contribution in [-0.4, -0.2) is 68.1 Å². The highest BCUT2D eigenvalue weighted by Crippen LogP contribution is 2.35. The van der Waals surface area contributed by atoms with E-state index in [9.17, 15) is 24.3 Å². The summed E-state index contributed by atoms with van der Waals surface area (Å²) in [5.74, 6) is -2.08. The summed E-state index contributed by atoms with van der Waals surface area (Å²) in [5, 5.41) is 19.1. The van der Waals surface area contributed by atoms with Gasteiger partial charge in [0, 0.05) is 29.4 Å². The van der Waals surface area contributed by atoms with Crippen molar-refractivity contribution >= 4 is 23.3 Å². The molecule has 0 heterocycles. The zero-order valence-corrected chi connectivity index (χ0v) is 31.9. The van der Waals surface area contributed by atoms with E-state index in [2.05, 4.69) is 39.8 Å². The van der Waals surface area contributed by atoms with E-state index in [-0.39, 0.29) is 52.7 Å². The van der Waals surface area contributed by atoms with Crippen LogP contribution in [0, 0.1) is 11.8 Å². The van der Waals surface area contributed by atoms with E-state index in [1.165, 1.54) is 45.2 Å². The van der Waals surface area contributed by atoms with Gasteiger partial charge in [-0.2, -0.15) is 0 Å². The summed E-state index contributed by atoms with van der Waals surface area (Å²) in [5.41, 5.74) is 5.80. The van der Waals surface area contributed by atoms with Gasteiger partial charge in [0.15, 0.2) is 5.76 Å². The van der Waals surface area contributed by atoms with Gasteiger partial charge < -0.3 is 29.2 Å². The third-order valence-electron chi connectivity index (χ3n) is 8.94. The molecule has 0 aromatic carbocycles. The molecule has 10 nitrogen and oxygen atoms in total.